The highest BCUT2D eigenvalue weighted by Crippen LogP contribution is 2.59. The molecule has 0 N–H and O–H groups in total. The van der Waals surface area contributed by atoms with Gasteiger partial charge in [-0.15, -0.1) is 0 Å². The maximum Gasteiger partial charge on any atom is 0.0546 e. The van der Waals surface area contributed by atoms with Crippen molar-refractivity contribution in [2.75, 3.05) is 9.80 Å². The quantitative estimate of drug-likeness (QED) is 0.114. The fraction of sp³-hybridized carbons (Fsp3) is 0.197. The van der Waals surface area contributed by atoms with Gasteiger partial charge in [0, 0.05) is 55.3 Å². The zero-order valence-corrected chi connectivity index (χ0v) is 72.8. The van der Waals surface area contributed by atoms with E-state index in [0.29, 0.717) is 11.8 Å². The van der Waals surface area contributed by atoms with E-state index in [1.54, 1.807) is 0 Å². The van der Waals surface area contributed by atoms with Crippen LogP contribution in [0.3, 0.4) is 0 Å². The van der Waals surface area contributed by atoms with Gasteiger partial charge in [-0.05, 0) is 278 Å². The summed E-state index contributed by atoms with van der Waals surface area (Å²) in [6.07, 6.45) is 13.2. The van der Waals surface area contributed by atoms with E-state index in [-0.39, 0.29) is 21.7 Å². The van der Waals surface area contributed by atoms with Gasteiger partial charge < -0.3 is 9.80 Å². The van der Waals surface area contributed by atoms with Crippen LogP contribution in [0.2, 0.25) is 0 Å². The standard InChI is InChI=1S/C64H55N.C58H51N/c1-63(2)57-25-15-13-23-51(57)53-34-31-49(39-59(53)63)56-37-46-21-11-12-22-47(46)40-62(56)65(50-33-35-54-52-24-14-16-26-58(52)64(3,4)60(54)41-50)61-36-32-48(38-55(61)45-19-9-6-10-20-45)44-29-27-43(28-30-44)42-17-7-5-8-18-42;1-57(2)52-26-16-14-24-46(52)50-37-44(29-31-53(50)57)59(55-32-28-42(38-17-7-5-8-18-38)34-48(55)39-19-9-6-10-20-39)56-36-41-22-12-11-21-40(41)33-49(56)43-27-30-47-45-23-13-15-25-51(45)58(3,4)54(47)35-43/h6,9-16,19-42H,5,7-8,17-18H2,1-4H3;6,9-16,19-38H,5,7-8,17-18H2,1-4H3. The van der Waals surface area contributed by atoms with Crippen molar-refractivity contribution in [2.45, 2.75) is 153 Å². The third kappa shape index (κ3) is 12.9. The van der Waals surface area contributed by atoms with E-state index in [1.165, 1.54) is 259 Å². The molecule has 2 heteroatoms. The number of fused-ring (bicyclic) bond motifs is 14. The highest BCUT2D eigenvalue weighted by atomic mass is 15.2. The fourth-order valence-electron chi connectivity index (χ4n) is 23.0. The van der Waals surface area contributed by atoms with Gasteiger partial charge in [0.05, 0.1) is 22.7 Å². The fourth-order valence-corrected chi connectivity index (χ4v) is 23.0. The van der Waals surface area contributed by atoms with Crippen molar-refractivity contribution in [2.24, 2.45) is 0 Å². The first-order chi connectivity index (χ1) is 60.5. The highest BCUT2D eigenvalue weighted by molar-refractivity contribution is 6.05. The predicted octanol–water partition coefficient (Wildman–Crippen LogP) is 34.3. The van der Waals surface area contributed by atoms with Gasteiger partial charge in [0.25, 0.3) is 0 Å². The Morgan fingerprint density at radius 3 is 0.984 bits per heavy atom. The van der Waals surface area contributed by atoms with Gasteiger partial charge in [0.2, 0.25) is 0 Å². The maximum absolute atomic E-state index is 2.59. The van der Waals surface area contributed by atoms with E-state index >= 15 is 0 Å². The summed E-state index contributed by atoms with van der Waals surface area (Å²) in [5.41, 5.74) is 43.6. The van der Waals surface area contributed by atoms with E-state index < -0.39 is 0 Å². The largest absolute Gasteiger partial charge is 0.309 e. The van der Waals surface area contributed by atoms with Gasteiger partial charge in [0.1, 0.15) is 0 Å². The maximum atomic E-state index is 2.59. The summed E-state index contributed by atoms with van der Waals surface area (Å²) in [4.78, 5) is 5.17. The first kappa shape index (κ1) is 77.0. The second-order valence-electron chi connectivity index (χ2n) is 38.3. The third-order valence-corrected chi connectivity index (χ3v) is 29.7. The molecule has 0 heterocycles. The number of nitrogens with zero attached hydrogens (tertiary/aromatic N) is 2. The Kier molecular flexibility index (Phi) is 18.9. The van der Waals surface area contributed by atoms with Crippen LogP contribution in [-0.2, 0) is 21.7 Å². The van der Waals surface area contributed by atoms with Crippen molar-refractivity contribution in [3.05, 3.63) is 420 Å². The van der Waals surface area contributed by atoms with E-state index in [2.05, 4.69) is 429 Å². The lowest BCUT2D eigenvalue weighted by Crippen LogP contribution is -2.17. The van der Waals surface area contributed by atoms with Gasteiger partial charge in [-0.3, -0.25) is 0 Å². The molecule has 0 unspecified atom stereocenters. The van der Waals surface area contributed by atoms with Crippen LogP contribution < -0.4 is 9.80 Å². The first-order valence-corrected chi connectivity index (χ1v) is 45.6. The van der Waals surface area contributed by atoms with Crippen LogP contribution in [0.5, 0.6) is 0 Å². The molecule has 17 aromatic rings. The molecule has 604 valence electrons. The molecule has 0 atom stereocenters. The Labute approximate surface area is 733 Å². The molecule has 0 radical (unpaired) electrons. The van der Waals surface area contributed by atoms with Gasteiger partial charge in [-0.1, -0.05) is 373 Å². The van der Waals surface area contributed by atoms with Crippen molar-refractivity contribution in [3.8, 4) is 100 Å². The van der Waals surface area contributed by atoms with Crippen LogP contribution in [0.4, 0.5) is 34.1 Å². The van der Waals surface area contributed by atoms with E-state index in [9.17, 15) is 0 Å². The minimum absolute atomic E-state index is 0.0744. The van der Waals surface area contributed by atoms with Crippen molar-refractivity contribution in [1.29, 1.82) is 0 Å². The minimum atomic E-state index is -0.156. The SMILES string of the molecule is CC1(C)c2ccccc2-c2cc(N(c3ccc(C4CCCCC4)cc3-c3ccccc3)c3cc4ccccc4cc3-c3ccc4c(c3)C(C)(C)c3ccccc3-4)ccc21.CC1(C)c2ccccc2-c2ccc(-c3cc4ccccc4cc3N(c3ccc4c(c3)C(C)(C)c3ccccc3-4)c3ccc(-c4ccc(C5CCCCC5)cc4)cc3-c3ccccc3)cc21. The molecule has 17 aromatic carbocycles. The second kappa shape index (κ2) is 30.4. The summed E-state index contributed by atoms with van der Waals surface area (Å²) in [7, 11) is 0. The molecule has 6 aliphatic carbocycles. The van der Waals surface area contributed by atoms with E-state index in [0.717, 1.165) is 17.1 Å². The molecule has 0 aliphatic heterocycles. The Bertz CT molecular complexity index is 7060. The van der Waals surface area contributed by atoms with Crippen LogP contribution in [0.25, 0.3) is 122 Å². The highest BCUT2D eigenvalue weighted by Gasteiger charge is 2.41. The molecule has 0 bridgehead atoms. The summed E-state index contributed by atoms with van der Waals surface area (Å²) in [6, 6.07) is 139. The molecule has 23 rings (SSSR count). The summed E-state index contributed by atoms with van der Waals surface area (Å²) in [5, 5.41) is 4.93. The monoisotopic (exact) mass is 1600 g/mol. The molecule has 0 aromatic heterocycles. The number of benzene rings is 17. The third-order valence-electron chi connectivity index (χ3n) is 29.7. The predicted molar refractivity (Wildman–Crippen MR) is 526 cm³/mol. The summed E-state index contributed by atoms with van der Waals surface area (Å²) in [5.74, 6) is 1.28. The average Bonchev–Trinajstić information content (AvgIpc) is 1.62. The zero-order valence-electron chi connectivity index (χ0n) is 72.8. The molecule has 0 amide bonds. The molecular formula is C122H106N2. The molecule has 124 heavy (non-hydrogen) atoms. The lowest BCUT2D eigenvalue weighted by molar-refractivity contribution is 0.443. The van der Waals surface area contributed by atoms with Crippen LogP contribution >= 0.6 is 0 Å². The molecule has 0 saturated heterocycles. The van der Waals surface area contributed by atoms with Crippen molar-refractivity contribution < 1.29 is 0 Å². The van der Waals surface area contributed by atoms with Crippen LogP contribution in [0.15, 0.2) is 364 Å². The number of anilines is 6. The zero-order chi connectivity index (χ0) is 83.7. The molecule has 0 spiro atoms. The molecule has 6 aliphatic rings. The molecule has 2 saturated carbocycles. The lowest BCUT2D eigenvalue weighted by Gasteiger charge is -2.32. The lowest BCUT2D eigenvalue weighted by atomic mass is 9.81. The normalized spacial score (nSPS) is 15.8. The van der Waals surface area contributed by atoms with Crippen LogP contribution in [-0.4, -0.2) is 0 Å². The Balaban J connectivity index is 0.000000148. The van der Waals surface area contributed by atoms with Crippen LogP contribution in [0, 0.1) is 0 Å². The average molecular weight is 1600 g/mol. The Hall–Kier alpha value is -13.1. The van der Waals surface area contributed by atoms with Crippen molar-refractivity contribution in [3.63, 3.8) is 0 Å². The molecular weight excluding hydrogens is 1490 g/mol. The smallest absolute Gasteiger partial charge is 0.0546 e. The second-order valence-corrected chi connectivity index (χ2v) is 38.3. The van der Waals surface area contributed by atoms with E-state index in [1.807, 2.05) is 0 Å². The number of rotatable bonds is 13. The Morgan fingerprint density at radius 1 is 0.185 bits per heavy atom. The van der Waals surface area contributed by atoms with Crippen LogP contribution in [0.1, 0.15) is 187 Å². The van der Waals surface area contributed by atoms with Gasteiger partial charge in [-0.25, -0.2) is 0 Å². The molecule has 2 nitrogen and oxygen atoms in total. The van der Waals surface area contributed by atoms with Crippen molar-refractivity contribution >= 4 is 55.7 Å². The number of hydrogen-bond donors (Lipinski definition) is 0. The van der Waals surface area contributed by atoms with E-state index in [4.69, 9.17) is 0 Å². The van der Waals surface area contributed by atoms with Gasteiger partial charge >= 0.3 is 0 Å². The summed E-state index contributed by atoms with van der Waals surface area (Å²) in [6.45, 7) is 19.1. The minimum Gasteiger partial charge on any atom is -0.309 e. The summed E-state index contributed by atoms with van der Waals surface area (Å²) >= 11 is 0. The molecule has 2 fully saturated rings. The number of hydrogen-bond acceptors (Lipinski definition) is 2. The Morgan fingerprint density at radius 2 is 0.508 bits per heavy atom. The topological polar surface area (TPSA) is 6.48 Å². The van der Waals surface area contributed by atoms with Crippen molar-refractivity contribution in [1.82, 2.24) is 0 Å². The van der Waals surface area contributed by atoms with Gasteiger partial charge in [-0.2, -0.15) is 0 Å². The van der Waals surface area contributed by atoms with Gasteiger partial charge in [0.15, 0.2) is 0 Å². The summed E-state index contributed by atoms with van der Waals surface area (Å²) < 4.78 is 0. The first-order valence-electron chi connectivity index (χ1n) is 45.6.